The Kier molecular flexibility index (Phi) is 4.74. The summed E-state index contributed by atoms with van der Waals surface area (Å²) < 4.78 is 5.14. The number of phenols is 1. The number of nitrogens with one attached hydrogen (secondary N) is 1. The third kappa shape index (κ3) is 3.36. The Bertz CT molecular complexity index is 569. The molecule has 0 amide bonds. The average Bonchev–Trinajstić information content (AvgIpc) is 2.46. The molecule has 0 saturated carbocycles. The number of hydrogen-bond acceptors (Lipinski definition) is 3. The van der Waals surface area contributed by atoms with Gasteiger partial charge in [0.05, 0.1) is 18.2 Å². The molecule has 0 aliphatic rings. The van der Waals surface area contributed by atoms with Crippen LogP contribution in [0, 0.1) is 0 Å². The SMILES string of the molecule is CCC(Nc1ccc(OC)c(Cl)c1)c1ccc(O)cc1. The first-order valence-corrected chi connectivity index (χ1v) is 6.91. The van der Waals surface area contributed by atoms with E-state index in [1.807, 2.05) is 30.3 Å². The van der Waals surface area contributed by atoms with Crippen molar-refractivity contribution in [2.75, 3.05) is 12.4 Å². The number of ether oxygens (including phenoxy) is 1. The second kappa shape index (κ2) is 6.53. The highest BCUT2D eigenvalue weighted by Gasteiger charge is 2.10. The normalized spacial score (nSPS) is 11.9. The van der Waals surface area contributed by atoms with E-state index in [0.29, 0.717) is 10.8 Å². The summed E-state index contributed by atoms with van der Waals surface area (Å²) in [5.41, 5.74) is 2.06. The molecule has 0 bridgehead atoms. The number of rotatable bonds is 5. The van der Waals surface area contributed by atoms with Crippen LogP contribution in [-0.4, -0.2) is 12.2 Å². The van der Waals surface area contributed by atoms with Crippen LogP contribution in [0.25, 0.3) is 0 Å². The van der Waals surface area contributed by atoms with Crippen LogP contribution in [0.4, 0.5) is 5.69 Å². The number of anilines is 1. The molecule has 3 nitrogen and oxygen atoms in total. The lowest BCUT2D eigenvalue weighted by Crippen LogP contribution is -2.09. The van der Waals surface area contributed by atoms with E-state index < -0.39 is 0 Å². The first-order valence-electron chi connectivity index (χ1n) is 6.53. The molecule has 0 aliphatic heterocycles. The minimum atomic E-state index is 0.167. The van der Waals surface area contributed by atoms with Crippen LogP contribution in [0.3, 0.4) is 0 Å². The van der Waals surface area contributed by atoms with E-state index in [4.69, 9.17) is 16.3 Å². The highest BCUT2D eigenvalue weighted by molar-refractivity contribution is 6.32. The van der Waals surface area contributed by atoms with Gasteiger partial charge in [-0.2, -0.15) is 0 Å². The monoisotopic (exact) mass is 291 g/mol. The molecular formula is C16H18ClNO2. The summed E-state index contributed by atoms with van der Waals surface area (Å²) in [5.74, 6) is 0.936. The molecule has 20 heavy (non-hydrogen) atoms. The van der Waals surface area contributed by atoms with Gasteiger partial charge in [-0.25, -0.2) is 0 Å². The van der Waals surface area contributed by atoms with Crippen LogP contribution in [0.1, 0.15) is 24.9 Å². The van der Waals surface area contributed by atoms with Gasteiger partial charge < -0.3 is 15.2 Å². The van der Waals surface area contributed by atoms with E-state index in [1.54, 1.807) is 19.2 Å². The Hall–Kier alpha value is -1.87. The van der Waals surface area contributed by atoms with Crippen LogP contribution >= 0.6 is 11.6 Å². The Morgan fingerprint density at radius 2 is 1.90 bits per heavy atom. The number of halogens is 1. The van der Waals surface area contributed by atoms with Crippen LogP contribution in [0.5, 0.6) is 11.5 Å². The molecule has 0 spiro atoms. The summed E-state index contributed by atoms with van der Waals surface area (Å²) in [4.78, 5) is 0. The summed E-state index contributed by atoms with van der Waals surface area (Å²) in [6.07, 6.45) is 0.925. The van der Waals surface area contributed by atoms with E-state index in [1.165, 1.54) is 0 Å². The topological polar surface area (TPSA) is 41.5 Å². The highest BCUT2D eigenvalue weighted by Crippen LogP contribution is 2.30. The molecule has 2 rings (SSSR count). The lowest BCUT2D eigenvalue weighted by atomic mass is 10.0. The van der Waals surface area contributed by atoms with Gasteiger partial charge in [-0.1, -0.05) is 30.7 Å². The Balaban J connectivity index is 2.17. The second-order valence-corrected chi connectivity index (χ2v) is 4.95. The molecule has 1 unspecified atom stereocenters. The van der Waals surface area contributed by atoms with Gasteiger partial charge in [0.15, 0.2) is 0 Å². The zero-order valence-electron chi connectivity index (χ0n) is 11.6. The largest absolute Gasteiger partial charge is 0.508 e. The predicted molar refractivity (Wildman–Crippen MR) is 82.8 cm³/mol. The van der Waals surface area contributed by atoms with Gasteiger partial charge in [-0.3, -0.25) is 0 Å². The van der Waals surface area contributed by atoms with Crippen molar-refractivity contribution in [3.8, 4) is 11.5 Å². The first kappa shape index (κ1) is 14.5. The molecule has 0 heterocycles. The van der Waals surface area contributed by atoms with Gasteiger partial charge >= 0.3 is 0 Å². The second-order valence-electron chi connectivity index (χ2n) is 4.55. The van der Waals surface area contributed by atoms with Gasteiger partial charge in [-0.15, -0.1) is 0 Å². The summed E-state index contributed by atoms with van der Waals surface area (Å²) in [6, 6.07) is 13.0. The van der Waals surface area contributed by atoms with Crippen molar-refractivity contribution in [1.29, 1.82) is 0 Å². The van der Waals surface area contributed by atoms with Crippen molar-refractivity contribution in [2.24, 2.45) is 0 Å². The third-order valence-corrected chi connectivity index (χ3v) is 3.49. The molecular weight excluding hydrogens is 274 g/mol. The fourth-order valence-corrected chi connectivity index (χ4v) is 2.34. The number of phenolic OH excluding ortho intramolecular Hbond substituents is 1. The molecule has 4 heteroatoms. The maximum absolute atomic E-state index is 9.34. The minimum absolute atomic E-state index is 0.167. The Morgan fingerprint density at radius 3 is 2.45 bits per heavy atom. The van der Waals surface area contributed by atoms with E-state index >= 15 is 0 Å². The van der Waals surface area contributed by atoms with Crippen molar-refractivity contribution in [3.05, 3.63) is 53.1 Å². The van der Waals surface area contributed by atoms with Crippen molar-refractivity contribution in [3.63, 3.8) is 0 Å². The molecule has 0 aromatic heterocycles. The smallest absolute Gasteiger partial charge is 0.137 e. The fraction of sp³-hybridized carbons (Fsp3) is 0.250. The summed E-state index contributed by atoms with van der Waals surface area (Å²) in [5, 5.41) is 13.4. The fourth-order valence-electron chi connectivity index (χ4n) is 2.09. The predicted octanol–water partition coefficient (Wildman–Crippen LogP) is 4.62. The highest BCUT2D eigenvalue weighted by atomic mass is 35.5. The van der Waals surface area contributed by atoms with E-state index in [0.717, 1.165) is 17.7 Å². The van der Waals surface area contributed by atoms with Gasteiger partial charge in [0, 0.05) is 5.69 Å². The van der Waals surface area contributed by atoms with Crippen LogP contribution < -0.4 is 10.1 Å². The maximum Gasteiger partial charge on any atom is 0.137 e. The van der Waals surface area contributed by atoms with E-state index in [9.17, 15) is 5.11 Å². The van der Waals surface area contributed by atoms with E-state index in [-0.39, 0.29) is 11.8 Å². The average molecular weight is 292 g/mol. The molecule has 2 N–H and O–H groups in total. The van der Waals surface area contributed by atoms with Gasteiger partial charge in [-0.05, 0) is 42.3 Å². The number of benzene rings is 2. The van der Waals surface area contributed by atoms with E-state index in [2.05, 4.69) is 12.2 Å². The summed E-state index contributed by atoms with van der Waals surface area (Å²) in [7, 11) is 1.60. The molecule has 2 aromatic carbocycles. The maximum atomic E-state index is 9.34. The minimum Gasteiger partial charge on any atom is -0.508 e. The summed E-state index contributed by atoms with van der Waals surface area (Å²) in [6.45, 7) is 2.11. The molecule has 0 radical (unpaired) electrons. The summed E-state index contributed by atoms with van der Waals surface area (Å²) >= 11 is 6.12. The van der Waals surface area contributed by atoms with Crippen molar-refractivity contribution < 1.29 is 9.84 Å². The van der Waals surface area contributed by atoms with Gasteiger partial charge in [0.25, 0.3) is 0 Å². The lowest BCUT2D eigenvalue weighted by Gasteiger charge is -2.19. The van der Waals surface area contributed by atoms with Crippen molar-refractivity contribution in [1.82, 2.24) is 0 Å². The van der Waals surface area contributed by atoms with Gasteiger partial charge in [0.2, 0.25) is 0 Å². The molecule has 0 fully saturated rings. The molecule has 1 atom stereocenters. The standard InChI is InChI=1S/C16H18ClNO2/c1-3-15(11-4-7-13(19)8-5-11)18-12-6-9-16(20-2)14(17)10-12/h4-10,15,18-19H,3H2,1-2H3. The van der Waals surface area contributed by atoms with Crippen molar-refractivity contribution >= 4 is 17.3 Å². The lowest BCUT2D eigenvalue weighted by molar-refractivity contribution is 0.415. The molecule has 0 aliphatic carbocycles. The van der Waals surface area contributed by atoms with Crippen LogP contribution in [0.2, 0.25) is 5.02 Å². The Morgan fingerprint density at radius 1 is 1.20 bits per heavy atom. The molecule has 2 aromatic rings. The Labute approximate surface area is 124 Å². The van der Waals surface area contributed by atoms with Crippen LogP contribution in [0.15, 0.2) is 42.5 Å². The number of hydrogen-bond donors (Lipinski definition) is 2. The molecule has 0 saturated heterocycles. The molecule has 106 valence electrons. The van der Waals surface area contributed by atoms with Gasteiger partial charge in [0.1, 0.15) is 11.5 Å². The quantitative estimate of drug-likeness (QED) is 0.845. The van der Waals surface area contributed by atoms with Crippen molar-refractivity contribution in [2.45, 2.75) is 19.4 Å². The first-order chi connectivity index (χ1) is 9.63. The zero-order valence-corrected chi connectivity index (χ0v) is 12.3. The number of aromatic hydroxyl groups is 1. The van der Waals surface area contributed by atoms with Crippen LogP contribution in [-0.2, 0) is 0 Å². The number of methoxy groups -OCH3 is 1. The third-order valence-electron chi connectivity index (χ3n) is 3.20. The zero-order chi connectivity index (χ0) is 14.5.